The number of nitrogens with zero attached hydrogens (tertiary/aromatic N) is 2. The van der Waals surface area contributed by atoms with E-state index in [0.29, 0.717) is 17.6 Å². The predicted octanol–water partition coefficient (Wildman–Crippen LogP) is 3.39. The molecule has 1 aromatic carbocycles. The van der Waals surface area contributed by atoms with Crippen molar-refractivity contribution in [2.75, 3.05) is 11.9 Å². The highest BCUT2D eigenvalue weighted by atomic mass is 16.5. The summed E-state index contributed by atoms with van der Waals surface area (Å²) in [7, 11) is 0. The summed E-state index contributed by atoms with van der Waals surface area (Å²) in [5.74, 6) is 0. The largest absolute Gasteiger partial charge is 0.381 e. The molecule has 2 aliphatic rings. The maximum Gasteiger partial charge on any atom is 0.0907 e. The van der Waals surface area contributed by atoms with Gasteiger partial charge >= 0.3 is 0 Å². The first-order chi connectivity index (χ1) is 10.3. The van der Waals surface area contributed by atoms with Crippen molar-refractivity contribution >= 4 is 16.7 Å². The molecule has 110 valence electrons. The molecule has 2 atom stereocenters. The lowest BCUT2D eigenvalue weighted by Gasteiger charge is -2.61. The molecule has 0 amide bonds. The molecule has 2 fully saturated rings. The first kappa shape index (κ1) is 13.0. The van der Waals surface area contributed by atoms with Crippen LogP contribution >= 0.6 is 0 Å². The van der Waals surface area contributed by atoms with E-state index in [1.165, 1.54) is 19.3 Å². The Bertz CT molecular complexity index is 653. The summed E-state index contributed by atoms with van der Waals surface area (Å²) >= 11 is 0. The number of aromatic nitrogens is 2. The molecule has 0 radical (unpaired) electrons. The first-order valence-electron chi connectivity index (χ1n) is 7.91. The summed E-state index contributed by atoms with van der Waals surface area (Å²) in [6.45, 7) is 2.92. The lowest BCUT2D eigenvalue weighted by atomic mass is 9.51. The van der Waals surface area contributed by atoms with E-state index in [9.17, 15) is 0 Å². The van der Waals surface area contributed by atoms with E-state index in [-0.39, 0.29) is 0 Å². The van der Waals surface area contributed by atoms with Crippen LogP contribution in [0, 0.1) is 5.41 Å². The van der Waals surface area contributed by atoms with E-state index in [4.69, 9.17) is 4.74 Å². The van der Waals surface area contributed by atoms with Crippen molar-refractivity contribution in [3.8, 4) is 0 Å². The topological polar surface area (TPSA) is 47.0 Å². The van der Waals surface area contributed by atoms with Crippen molar-refractivity contribution in [2.45, 2.75) is 44.8 Å². The Hall–Kier alpha value is -1.68. The van der Waals surface area contributed by atoms with Crippen LogP contribution in [0.1, 0.15) is 32.6 Å². The fourth-order valence-electron chi connectivity index (χ4n) is 3.89. The molecule has 1 N–H and O–H groups in total. The number of anilines is 1. The van der Waals surface area contributed by atoms with Gasteiger partial charge in [-0.2, -0.15) is 0 Å². The third kappa shape index (κ3) is 2.01. The predicted molar refractivity (Wildman–Crippen MR) is 83.3 cm³/mol. The summed E-state index contributed by atoms with van der Waals surface area (Å²) in [5.41, 5.74) is 3.43. The van der Waals surface area contributed by atoms with E-state index in [0.717, 1.165) is 29.7 Å². The standard InChI is InChI=1S/C17H21N3O/c1-2-21-16-11-15(17(16)6-3-7-17)20-12-4-5-13-14(10-12)19-9-8-18-13/h4-5,8-10,15-16,20H,2-3,6-7,11H2,1H3. The fraction of sp³-hybridized carbons (Fsp3) is 0.529. The second-order valence-electron chi connectivity index (χ2n) is 6.22. The minimum Gasteiger partial charge on any atom is -0.381 e. The van der Waals surface area contributed by atoms with Gasteiger partial charge in [0.2, 0.25) is 0 Å². The summed E-state index contributed by atoms with van der Waals surface area (Å²) in [6.07, 6.45) is 8.97. The zero-order chi connectivity index (χ0) is 14.3. The monoisotopic (exact) mass is 283 g/mol. The Morgan fingerprint density at radius 3 is 2.76 bits per heavy atom. The van der Waals surface area contributed by atoms with E-state index < -0.39 is 0 Å². The zero-order valence-corrected chi connectivity index (χ0v) is 12.4. The molecule has 2 saturated carbocycles. The van der Waals surface area contributed by atoms with E-state index in [1.807, 2.05) is 6.07 Å². The highest BCUT2D eigenvalue weighted by Gasteiger charge is 2.58. The van der Waals surface area contributed by atoms with Gasteiger partial charge in [0.05, 0.1) is 17.1 Å². The number of rotatable bonds is 4. The second kappa shape index (κ2) is 4.95. The van der Waals surface area contributed by atoms with Crippen LogP contribution in [0.25, 0.3) is 11.0 Å². The molecule has 1 aromatic heterocycles. The molecule has 0 bridgehead atoms. The van der Waals surface area contributed by atoms with Gasteiger partial charge in [-0.1, -0.05) is 6.42 Å². The van der Waals surface area contributed by atoms with Crippen LogP contribution in [0.4, 0.5) is 5.69 Å². The Morgan fingerprint density at radius 2 is 2.05 bits per heavy atom. The fourth-order valence-corrected chi connectivity index (χ4v) is 3.89. The van der Waals surface area contributed by atoms with Crippen molar-refractivity contribution in [3.05, 3.63) is 30.6 Å². The molecule has 2 unspecified atom stereocenters. The lowest BCUT2D eigenvalue weighted by Crippen LogP contribution is -2.64. The van der Waals surface area contributed by atoms with Gasteiger partial charge in [0.25, 0.3) is 0 Å². The molecule has 21 heavy (non-hydrogen) atoms. The van der Waals surface area contributed by atoms with Gasteiger partial charge in [-0.05, 0) is 44.4 Å². The van der Waals surface area contributed by atoms with Crippen LogP contribution in [0.2, 0.25) is 0 Å². The molecule has 0 saturated heterocycles. The molecule has 0 aliphatic heterocycles. The van der Waals surface area contributed by atoms with Crippen molar-refractivity contribution in [2.24, 2.45) is 5.41 Å². The number of hydrogen-bond acceptors (Lipinski definition) is 4. The van der Waals surface area contributed by atoms with Crippen LogP contribution in [0.3, 0.4) is 0 Å². The van der Waals surface area contributed by atoms with E-state index in [1.54, 1.807) is 12.4 Å². The van der Waals surface area contributed by atoms with Crippen molar-refractivity contribution in [1.82, 2.24) is 9.97 Å². The Morgan fingerprint density at radius 1 is 1.24 bits per heavy atom. The van der Waals surface area contributed by atoms with Gasteiger partial charge in [-0.3, -0.25) is 9.97 Å². The van der Waals surface area contributed by atoms with Crippen LogP contribution in [0.5, 0.6) is 0 Å². The smallest absolute Gasteiger partial charge is 0.0907 e. The highest BCUT2D eigenvalue weighted by Crippen LogP contribution is 2.58. The summed E-state index contributed by atoms with van der Waals surface area (Å²) < 4.78 is 5.91. The quantitative estimate of drug-likeness (QED) is 0.934. The molecule has 4 heteroatoms. The second-order valence-corrected chi connectivity index (χ2v) is 6.22. The van der Waals surface area contributed by atoms with Gasteiger partial charge in [0, 0.05) is 36.1 Å². The van der Waals surface area contributed by atoms with Gasteiger partial charge in [-0.25, -0.2) is 0 Å². The third-order valence-electron chi connectivity index (χ3n) is 5.25. The van der Waals surface area contributed by atoms with Gasteiger partial charge in [0.1, 0.15) is 0 Å². The highest BCUT2D eigenvalue weighted by molar-refractivity contribution is 5.78. The number of fused-ring (bicyclic) bond motifs is 1. The van der Waals surface area contributed by atoms with Crippen LogP contribution in [-0.2, 0) is 4.74 Å². The lowest BCUT2D eigenvalue weighted by molar-refractivity contribution is -0.157. The maximum atomic E-state index is 5.91. The van der Waals surface area contributed by atoms with Crippen molar-refractivity contribution in [1.29, 1.82) is 0 Å². The molecule has 4 rings (SSSR count). The average molecular weight is 283 g/mol. The molecular weight excluding hydrogens is 262 g/mol. The Kier molecular flexibility index (Phi) is 3.07. The minimum absolute atomic E-state index is 0.382. The number of nitrogens with one attached hydrogen (secondary N) is 1. The summed E-state index contributed by atoms with van der Waals surface area (Å²) in [4.78, 5) is 8.70. The average Bonchev–Trinajstić information content (AvgIpc) is 2.44. The molecule has 4 nitrogen and oxygen atoms in total. The number of benzene rings is 1. The number of ether oxygens (including phenoxy) is 1. The van der Waals surface area contributed by atoms with E-state index >= 15 is 0 Å². The third-order valence-corrected chi connectivity index (χ3v) is 5.25. The van der Waals surface area contributed by atoms with Crippen molar-refractivity contribution in [3.63, 3.8) is 0 Å². The number of hydrogen-bond donors (Lipinski definition) is 1. The molecule has 2 aromatic rings. The molecular formula is C17H21N3O. The molecule has 2 aliphatic carbocycles. The Balaban J connectivity index is 1.52. The normalized spacial score (nSPS) is 26.3. The van der Waals surface area contributed by atoms with Crippen LogP contribution in [-0.4, -0.2) is 28.7 Å². The summed E-state index contributed by atoms with van der Waals surface area (Å²) in [6, 6.07) is 6.79. The summed E-state index contributed by atoms with van der Waals surface area (Å²) in [5, 5.41) is 3.70. The van der Waals surface area contributed by atoms with Gasteiger partial charge < -0.3 is 10.1 Å². The Labute approximate surface area is 124 Å². The molecule has 1 spiro atoms. The van der Waals surface area contributed by atoms with Crippen molar-refractivity contribution < 1.29 is 4.74 Å². The van der Waals surface area contributed by atoms with E-state index in [2.05, 4.69) is 34.3 Å². The van der Waals surface area contributed by atoms with Gasteiger partial charge in [-0.15, -0.1) is 0 Å². The van der Waals surface area contributed by atoms with Gasteiger partial charge in [0.15, 0.2) is 0 Å². The minimum atomic E-state index is 0.382. The molecule has 1 heterocycles. The SMILES string of the molecule is CCOC1CC(Nc2ccc3nccnc3c2)C12CCC2. The first-order valence-corrected chi connectivity index (χ1v) is 7.91. The maximum absolute atomic E-state index is 5.91. The van der Waals surface area contributed by atoms with Crippen LogP contribution in [0.15, 0.2) is 30.6 Å². The zero-order valence-electron chi connectivity index (χ0n) is 12.4. The van der Waals surface area contributed by atoms with Crippen LogP contribution < -0.4 is 5.32 Å².